The van der Waals surface area contributed by atoms with Crippen LogP contribution in [0.4, 0.5) is 5.69 Å². The Labute approximate surface area is 127 Å². The Morgan fingerprint density at radius 2 is 2.12 bits per heavy atom. The number of thiophene rings is 1. The van der Waals surface area contributed by atoms with Gasteiger partial charge in [-0.25, -0.2) is 0 Å². The van der Waals surface area contributed by atoms with Crippen LogP contribution < -0.4 is 5.32 Å². The predicted molar refractivity (Wildman–Crippen MR) is 79.6 cm³/mol. The molecule has 0 fully saturated rings. The zero-order chi connectivity index (χ0) is 12.4. The fourth-order valence-corrected chi connectivity index (χ4v) is 4.30. The average molecular weight is 441 g/mol. The zero-order valence-electron chi connectivity index (χ0n) is 8.21. The second kappa shape index (κ2) is 5.60. The van der Waals surface area contributed by atoms with E-state index in [1.165, 1.54) is 11.3 Å². The minimum absolute atomic E-state index is 0.161. The quantitative estimate of drug-likeness (QED) is 0.736. The number of nitrogens with zero attached hydrogens (tertiary/aromatic N) is 1. The van der Waals surface area contributed by atoms with Crippen LogP contribution in [0.2, 0.25) is 0 Å². The Morgan fingerprint density at radius 1 is 1.35 bits per heavy atom. The molecule has 1 amide bonds. The van der Waals surface area contributed by atoms with Crippen molar-refractivity contribution in [1.29, 1.82) is 0 Å². The minimum Gasteiger partial charge on any atom is -0.321 e. The van der Waals surface area contributed by atoms with E-state index in [0.717, 1.165) is 12.0 Å². The van der Waals surface area contributed by atoms with Crippen LogP contribution in [0, 0.1) is 0 Å². The van der Waals surface area contributed by atoms with Crippen molar-refractivity contribution < 1.29 is 4.79 Å². The summed E-state index contributed by atoms with van der Waals surface area (Å²) in [5, 5.41) is 2.81. The number of hydrogen-bond donors (Lipinski definition) is 1. The van der Waals surface area contributed by atoms with Gasteiger partial charge in [0.15, 0.2) is 0 Å². The molecule has 0 bridgehead atoms. The van der Waals surface area contributed by atoms with E-state index in [9.17, 15) is 4.79 Å². The van der Waals surface area contributed by atoms with E-state index >= 15 is 0 Å². The molecule has 1 N–H and O–H groups in total. The van der Waals surface area contributed by atoms with Crippen molar-refractivity contribution in [2.75, 3.05) is 5.32 Å². The fraction of sp³-hybridized carbons (Fsp3) is 0. The molecule has 0 aromatic carbocycles. The minimum atomic E-state index is -0.161. The second-order valence-electron chi connectivity index (χ2n) is 3.05. The van der Waals surface area contributed by atoms with Crippen LogP contribution in [0.1, 0.15) is 10.4 Å². The Balaban J connectivity index is 2.23. The number of amides is 1. The van der Waals surface area contributed by atoms with Gasteiger partial charge in [-0.15, -0.1) is 11.3 Å². The van der Waals surface area contributed by atoms with Crippen molar-refractivity contribution >= 4 is 70.7 Å². The van der Waals surface area contributed by atoms with Crippen LogP contribution in [0.5, 0.6) is 0 Å². The average Bonchev–Trinajstić information content (AvgIpc) is 2.61. The number of halogens is 3. The summed E-state index contributed by atoms with van der Waals surface area (Å²) in [4.78, 5) is 15.9. The third-order valence-electron chi connectivity index (χ3n) is 1.92. The van der Waals surface area contributed by atoms with Crippen LogP contribution >= 0.6 is 59.1 Å². The van der Waals surface area contributed by atoms with Crippen LogP contribution in [-0.2, 0) is 0 Å². The topological polar surface area (TPSA) is 42.0 Å². The molecule has 0 saturated heterocycles. The van der Waals surface area contributed by atoms with Crippen LogP contribution in [0.3, 0.4) is 0 Å². The summed E-state index contributed by atoms with van der Waals surface area (Å²) in [6.07, 6.45) is 3.26. The van der Waals surface area contributed by atoms with Gasteiger partial charge in [0, 0.05) is 12.4 Å². The molecule has 3 nitrogen and oxygen atoms in total. The summed E-state index contributed by atoms with van der Waals surface area (Å²) in [7, 11) is 0. The van der Waals surface area contributed by atoms with E-state index in [2.05, 4.69) is 58.1 Å². The molecule has 0 aliphatic carbocycles. The molecule has 0 radical (unpaired) electrons. The van der Waals surface area contributed by atoms with Gasteiger partial charge in [0.05, 0.1) is 23.3 Å². The summed E-state index contributed by atoms with van der Waals surface area (Å²) in [5.74, 6) is -0.161. The number of carbonyl (C=O) groups is 1. The van der Waals surface area contributed by atoms with Crippen molar-refractivity contribution in [3.63, 3.8) is 0 Å². The molecule has 2 rings (SSSR count). The maximum atomic E-state index is 12.0. The molecule has 0 aliphatic heterocycles. The molecule has 0 atom stereocenters. The Morgan fingerprint density at radius 3 is 2.71 bits per heavy atom. The Hall–Kier alpha value is -0.240. The van der Waals surface area contributed by atoms with E-state index in [-0.39, 0.29) is 5.91 Å². The number of nitrogens with one attached hydrogen (secondary N) is 1. The van der Waals surface area contributed by atoms with E-state index < -0.39 is 0 Å². The molecule has 0 unspecified atom stereocenters. The van der Waals surface area contributed by atoms with Crippen molar-refractivity contribution in [2.24, 2.45) is 0 Å². The summed E-state index contributed by atoms with van der Waals surface area (Å²) in [6, 6.07) is 3.51. The number of rotatable bonds is 2. The molecule has 0 saturated carbocycles. The van der Waals surface area contributed by atoms with Gasteiger partial charge in [0.1, 0.15) is 0 Å². The van der Waals surface area contributed by atoms with Crippen LogP contribution in [-0.4, -0.2) is 10.9 Å². The van der Waals surface area contributed by atoms with Gasteiger partial charge in [0.25, 0.3) is 5.91 Å². The summed E-state index contributed by atoms with van der Waals surface area (Å²) in [5.41, 5.74) is 1.30. The lowest BCUT2D eigenvalue weighted by Gasteiger charge is -2.05. The first-order valence-corrected chi connectivity index (χ1v) is 7.63. The van der Waals surface area contributed by atoms with Gasteiger partial charge < -0.3 is 5.32 Å². The molecule has 0 spiro atoms. The van der Waals surface area contributed by atoms with Crippen LogP contribution in [0.25, 0.3) is 0 Å². The first-order valence-electron chi connectivity index (χ1n) is 4.43. The highest BCUT2D eigenvalue weighted by molar-refractivity contribution is 9.12. The van der Waals surface area contributed by atoms with Crippen molar-refractivity contribution in [3.8, 4) is 0 Å². The Bertz CT molecular complexity index is 570. The van der Waals surface area contributed by atoms with E-state index in [0.29, 0.717) is 11.3 Å². The van der Waals surface area contributed by atoms with E-state index in [1.54, 1.807) is 24.5 Å². The first kappa shape index (κ1) is 13.2. The standard InChI is InChI=1S/C10H5Br3N2OS/c11-6-4-14-2-1-7(6)15-10(16)5-3-8(12)17-9(5)13/h1-4H,(H,14,15,16). The summed E-state index contributed by atoms with van der Waals surface area (Å²) in [6.45, 7) is 0. The number of anilines is 1. The second-order valence-corrected chi connectivity index (χ2v) is 7.65. The highest BCUT2D eigenvalue weighted by Crippen LogP contribution is 2.32. The molecule has 88 valence electrons. The lowest BCUT2D eigenvalue weighted by Crippen LogP contribution is -2.11. The third-order valence-corrected chi connectivity index (χ3v) is 4.89. The fourth-order valence-electron chi connectivity index (χ4n) is 1.16. The van der Waals surface area contributed by atoms with Gasteiger partial charge >= 0.3 is 0 Å². The maximum Gasteiger partial charge on any atom is 0.257 e. The van der Waals surface area contributed by atoms with E-state index in [1.807, 2.05) is 0 Å². The monoisotopic (exact) mass is 438 g/mol. The Kier molecular flexibility index (Phi) is 4.35. The van der Waals surface area contributed by atoms with Gasteiger partial charge in [0.2, 0.25) is 0 Å². The summed E-state index contributed by atoms with van der Waals surface area (Å²) >= 11 is 11.5. The number of aromatic nitrogens is 1. The van der Waals surface area contributed by atoms with Gasteiger partial charge in [-0.05, 0) is 59.9 Å². The zero-order valence-corrected chi connectivity index (χ0v) is 13.8. The molecule has 2 aromatic rings. The smallest absolute Gasteiger partial charge is 0.257 e. The lowest BCUT2D eigenvalue weighted by molar-refractivity contribution is 0.102. The van der Waals surface area contributed by atoms with Gasteiger partial charge in [-0.1, -0.05) is 0 Å². The highest BCUT2D eigenvalue weighted by Gasteiger charge is 2.14. The largest absolute Gasteiger partial charge is 0.321 e. The van der Waals surface area contributed by atoms with E-state index in [4.69, 9.17) is 0 Å². The summed E-state index contributed by atoms with van der Waals surface area (Å²) < 4.78 is 2.45. The molecule has 2 aromatic heterocycles. The van der Waals surface area contributed by atoms with Crippen molar-refractivity contribution in [2.45, 2.75) is 0 Å². The van der Waals surface area contributed by atoms with Crippen molar-refractivity contribution in [1.82, 2.24) is 4.98 Å². The molecule has 2 heterocycles. The number of pyridine rings is 1. The number of carbonyl (C=O) groups excluding carboxylic acids is 1. The first-order chi connectivity index (χ1) is 8.08. The highest BCUT2D eigenvalue weighted by atomic mass is 79.9. The molecule has 0 aliphatic rings. The molecule has 7 heteroatoms. The van der Waals surface area contributed by atoms with Crippen molar-refractivity contribution in [3.05, 3.63) is 42.1 Å². The molecular formula is C10H5Br3N2OS. The predicted octanol–water partition coefficient (Wildman–Crippen LogP) is 4.68. The SMILES string of the molecule is O=C(Nc1ccncc1Br)c1cc(Br)sc1Br. The van der Waals surface area contributed by atoms with Gasteiger partial charge in [-0.2, -0.15) is 0 Å². The van der Waals surface area contributed by atoms with Gasteiger partial charge in [-0.3, -0.25) is 9.78 Å². The third kappa shape index (κ3) is 3.15. The molecular weight excluding hydrogens is 436 g/mol. The molecule has 17 heavy (non-hydrogen) atoms. The lowest BCUT2D eigenvalue weighted by atomic mass is 10.3. The maximum absolute atomic E-state index is 12.0. The number of hydrogen-bond acceptors (Lipinski definition) is 3. The normalized spacial score (nSPS) is 10.3. The van der Waals surface area contributed by atoms with Crippen LogP contribution in [0.15, 0.2) is 36.6 Å².